The Labute approximate surface area is 127 Å². The van der Waals surface area contributed by atoms with E-state index in [-0.39, 0.29) is 12.2 Å². The SMILES string of the molecule is Fc1ccc(COCCNC2CCCCC2)c(C(F)(F)F)c1. The van der Waals surface area contributed by atoms with Gasteiger partial charge < -0.3 is 10.1 Å². The average Bonchev–Trinajstić information content (AvgIpc) is 2.48. The van der Waals surface area contributed by atoms with E-state index in [9.17, 15) is 17.6 Å². The molecular weight excluding hydrogens is 298 g/mol. The smallest absolute Gasteiger partial charge is 0.375 e. The molecule has 0 heterocycles. The first kappa shape index (κ1) is 17.2. The highest BCUT2D eigenvalue weighted by Gasteiger charge is 2.33. The highest BCUT2D eigenvalue weighted by molar-refractivity contribution is 5.29. The van der Waals surface area contributed by atoms with Gasteiger partial charge in [-0.05, 0) is 30.5 Å². The van der Waals surface area contributed by atoms with Gasteiger partial charge in [0, 0.05) is 12.6 Å². The van der Waals surface area contributed by atoms with E-state index in [1.165, 1.54) is 19.3 Å². The Bertz CT molecular complexity index is 470. The first-order valence-corrected chi connectivity index (χ1v) is 7.63. The van der Waals surface area contributed by atoms with E-state index in [0.717, 1.165) is 25.0 Å². The fourth-order valence-corrected chi connectivity index (χ4v) is 2.76. The molecule has 1 aromatic rings. The van der Waals surface area contributed by atoms with Crippen molar-refractivity contribution in [3.63, 3.8) is 0 Å². The molecule has 0 aromatic heterocycles. The third kappa shape index (κ3) is 5.25. The fourth-order valence-electron chi connectivity index (χ4n) is 2.76. The second-order valence-corrected chi connectivity index (χ2v) is 5.64. The molecule has 0 bridgehead atoms. The summed E-state index contributed by atoms with van der Waals surface area (Å²) in [5, 5.41) is 3.35. The summed E-state index contributed by atoms with van der Waals surface area (Å²) in [6.45, 7) is 0.792. The molecular formula is C16H21F4NO. The Hall–Kier alpha value is -1.14. The molecule has 1 N–H and O–H groups in total. The van der Waals surface area contributed by atoms with Crippen molar-refractivity contribution in [3.8, 4) is 0 Å². The molecule has 2 nitrogen and oxygen atoms in total. The summed E-state index contributed by atoms with van der Waals surface area (Å²) < 4.78 is 56.7. The number of alkyl halides is 3. The van der Waals surface area contributed by atoms with Crippen LogP contribution in [0.5, 0.6) is 0 Å². The zero-order valence-corrected chi connectivity index (χ0v) is 12.4. The maximum Gasteiger partial charge on any atom is 0.416 e. The molecule has 2 rings (SSSR count). The van der Waals surface area contributed by atoms with Crippen molar-refractivity contribution in [2.24, 2.45) is 0 Å². The molecule has 0 spiro atoms. The van der Waals surface area contributed by atoms with Gasteiger partial charge in [-0.15, -0.1) is 0 Å². The maximum atomic E-state index is 13.0. The van der Waals surface area contributed by atoms with E-state index >= 15 is 0 Å². The molecule has 0 saturated heterocycles. The molecule has 0 radical (unpaired) electrons. The molecule has 1 aromatic carbocycles. The number of hydrogen-bond donors (Lipinski definition) is 1. The molecule has 0 aliphatic heterocycles. The van der Waals surface area contributed by atoms with Crippen molar-refractivity contribution in [2.45, 2.75) is 50.9 Å². The summed E-state index contributed by atoms with van der Waals surface area (Å²) in [7, 11) is 0. The van der Waals surface area contributed by atoms with Crippen LogP contribution in [0.4, 0.5) is 17.6 Å². The maximum absolute atomic E-state index is 13.0. The summed E-state index contributed by atoms with van der Waals surface area (Å²) in [6.07, 6.45) is 1.46. The van der Waals surface area contributed by atoms with E-state index in [4.69, 9.17) is 4.74 Å². The molecule has 22 heavy (non-hydrogen) atoms. The summed E-state index contributed by atoms with van der Waals surface area (Å²) >= 11 is 0. The zero-order valence-electron chi connectivity index (χ0n) is 12.4. The van der Waals surface area contributed by atoms with Crippen LogP contribution in [0.1, 0.15) is 43.2 Å². The van der Waals surface area contributed by atoms with Gasteiger partial charge in [0.05, 0.1) is 18.8 Å². The first-order chi connectivity index (χ1) is 10.5. The molecule has 124 valence electrons. The van der Waals surface area contributed by atoms with Crippen molar-refractivity contribution >= 4 is 0 Å². The van der Waals surface area contributed by atoms with Gasteiger partial charge in [0.2, 0.25) is 0 Å². The van der Waals surface area contributed by atoms with Gasteiger partial charge in [-0.3, -0.25) is 0 Å². The van der Waals surface area contributed by atoms with Crippen LogP contribution in [-0.4, -0.2) is 19.2 Å². The van der Waals surface area contributed by atoms with Crippen LogP contribution in [0, 0.1) is 5.82 Å². The lowest BCUT2D eigenvalue weighted by atomic mass is 9.96. The second kappa shape index (κ2) is 7.92. The normalized spacial score (nSPS) is 16.9. The minimum absolute atomic E-state index is 0.0356. The topological polar surface area (TPSA) is 21.3 Å². The number of hydrogen-bond acceptors (Lipinski definition) is 2. The van der Waals surface area contributed by atoms with Crippen molar-refractivity contribution in [2.75, 3.05) is 13.2 Å². The summed E-state index contributed by atoms with van der Waals surface area (Å²) in [5.41, 5.74) is -1.00. The van der Waals surface area contributed by atoms with E-state index in [1.807, 2.05) is 0 Å². The van der Waals surface area contributed by atoms with Crippen molar-refractivity contribution in [1.82, 2.24) is 5.32 Å². The Balaban J connectivity index is 1.77. The summed E-state index contributed by atoms with van der Waals surface area (Å²) in [6, 6.07) is 3.16. The fraction of sp³-hybridized carbons (Fsp3) is 0.625. The van der Waals surface area contributed by atoms with Gasteiger partial charge >= 0.3 is 6.18 Å². The van der Waals surface area contributed by atoms with Gasteiger partial charge in [0.1, 0.15) is 5.82 Å². The van der Waals surface area contributed by atoms with Crippen LogP contribution >= 0.6 is 0 Å². The van der Waals surface area contributed by atoms with Crippen LogP contribution < -0.4 is 5.32 Å². The molecule has 0 atom stereocenters. The summed E-state index contributed by atoms with van der Waals surface area (Å²) in [5.74, 6) is -0.893. The number of benzene rings is 1. The Morgan fingerprint density at radius 1 is 1.14 bits per heavy atom. The van der Waals surface area contributed by atoms with Crippen molar-refractivity contribution in [1.29, 1.82) is 0 Å². The second-order valence-electron chi connectivity index (χ2n) is 5.64. The zero-order chi connectivity index (χ0) is 16.0. The number of halogens is 4. The van der Waals surface area contributed by atoms with Crippen LogP contribution in [0.15, 0.2) is 18.2 Å². The molecule has 1 aliphatic rings. The Kier molecular flexibility index (Phi) is 6.20. The lowest BCUT2D eigenvalue weighted by molar-refractivity contribution is -0.139. The lowest BCUT2D eigenvalue weighted by Crippen LogP contribution is -2.33. The Morgan fingerprint density at radius 3 is 2.55 bits per heavy atom. The first-order valence-electron chi connectivity index (χ1n) is 7.63. The van der Waals surface area contributed by atoms with E-state index < -0.39 is 17.6 Å². The lowest BCUT2D eigenvalue weighted by Gasteiger charge is -2.22. The minimum Gasteiger partial charge on any atom is -0.375 e. The average molecular weight is 319 g/mol. The number of rotatable bonds is 6. The molecule has 1 saturated carbocycles. The largest absolute Gasteiger partial charge is 0.416 e. The van der Waals surface area contributed by atoms with Gasteiger partial charge in [0.15, 0.2) is 0 Å². The van der Waals surface area contributed by atoms with Gasteiger partial charge in [-0.25, -0.2) is 4.39 Å². The predicted octanol–water partition coefficient (Wildman–Crippen LogP) is 4.28. The minimum atomic E-state index is -4.57. The summed E-state index contributed by atoms with van der Waals surface area (Å²) in [4.78, 5) is 0. The number of ether oxygens (including phenoxy) is 1. The van der Waals surface area contributed by atoms with Crippen LogP contribution in [0.2, 0.25) is 0 Å². The standard InChI is InChI=1S/C16H21F4NO/c17-13-7-6-12(15(10-13)16(18,19)20)11-22-9-8-21-14-4-2-1-3-5-14/h6-7,10,14,21H,1-5,8-9,11H2. The van der Waals surface area contributed by atoms with E-state index in [2.05, 4.69) is 5.32 Å². The molecule has 0 amide bonds. The Morgan fingerprint density at radius 2 is 1.86 bits per heavy atom. The van der Waals surface area contributed by atoms with Crippen LogP contribution in [-0.2, 0) is 17.5 Å². The molecule has 6 heteroatoms. The molecule has 1 fully saturated rings. The predicted molar refractivity (Wildman–Crippen MR) is 75.9 cm³/mol. The molecule has 1 aliphatic carbocycles. The number of nitrogens with one attached hydrogen (secondary N) is 1. The highest BCUT2D eigenvalue weighted by Crippen LogP contribution is 2.32. The van der Waals surface area contributed by atoms with Crippen molar-refractivity contribution in [3.05, 3.63) is 35.1 Å². The highest BCUT2D eigenvalue weighted by atomic mass is 19.4. The third-order valence-corrected chi connectivity index (χ3v) is 3.92. The van der Waals surface area contributed by atoms with Gasteiger partial charge in [-0.2, -0.15) is 13.2 Å². The van der Waals surface area contributed by atoms with E-state index in [1.54, 1.807) is 0 Å². The van der Waals surface area contributed by atoms with Crippen LogP contribution in [0.25, 0.3) is 0 Å². The van der Waals surface area contributed by atoms with Crippen molar-refractivity contribution < 1.29 is 22.3 Å². The monoisotopic (exact) mass is 319 g/mol. The van der Waals surface area contributed by atoms with E-state index in [0.29, 0.717) is 25.3 Å². The third-order valence-electron chi connectivity index (χ3n) is 3.92. The molecule has 0 unspecified atom stereocenters. The van der Waals surface area contributed by atoms with Gasteiger partial charge in [-0.1, -0.05) is 25.3 Å². The van der Waals surface area contributed by atoms with Crippen LogP contribution in [0.3, 0.4) is 0 Å². The quantitative estimate of drug-likeness (QED) is 0.624. The van der Waals surface area contributed by atoms with Gasteiger partial charge in [0.25, 0.3) is 0 Å².